The van der Waals surface area contributed by atoms with Gasteiger partial charge in [-0.2, -0.15) is 4.31 Å². The highest BCUT2D eigenvalue weighted by atomic mass is 32.2. The van der Waals surface area contributed by atoms with E-state index in [-0.39, 0.29) is 9.88 Å². The zero-order chi connectivity index (χ0) is 14.9. The summed E-state index contributed by atoms with van der Waals surface area (Å²) in [5.74, 6) is -0.620. The molecule has 1 aliphatic rings. The number of thiocarbonyl (C=S) groups is 1. The van der Waals surface area contributed by atoms with Crippen molar-refractivity contribution < 1.29 is 13.2 Å². The molecule has 8 heteroatoms. The number of amides is 1. The van der Waals surface area contributed by atoms with Crippen LogP contribution in [0, 0.1) is 0 Å². The van der Waals surface area contributed by atoms with E-state index in [0.717, 1.165) is 4.31 Å². The van der Waals surface area contributed by atoms with Gasteiger partial charge in [0.2, 0.25) is 15.9 Å². The summed E-state index contributed by atoms with van der Waals surface area (Å²) >= 11 is 4.82. The predicted octanol–water partition coefficient (Wildman–Crippen LogP) is -0.0408. The van der Waals surface area contributed by atoms with Gasteiger partial charge in [0.25, 0.3) is 0 Å². The minimum absolute atomic E-state index is 0.102. The van der Waals surface area contributed by atoms with E-state index in [1.54, 1.807) is 12.1 Å². The summed E-state index contributed by atoms with van der Waals surface area (Å²) in [4.78, 5) is 11.6. The van der Waals surface area contributed by atoms with Crippen LogP contribution in [0.5, 0.6) is 0 Å². The van der Waals surface area contributed by atoms with Gasteiger partial charge < -0.3 is 11.5 Å². The molecule has 1 aliphatic heterocycles. The highest BCUT2D eigenvalue weighted by Crippen LogP contribution is 2.26. The molecule has 2 rings (SSSR count). The van der Waals surface area contributed by atoms with Crippen LogP contribution in [0.4, 0.5) is 0 Å². The molecule has 1 saturated heterocycles. The Morgan fingerprint density at radius 1 is 1.25 bits per heavy atom. The number of primary amides is 1. The van der Waals surface area contributed by atoms with Crippen LogP contribution in [-0.4, -0.2) is 36.2 Å². The van der Waals surface area contributed by atoms with Gasteiger partial charge in [0, 0.05) is 12.1 Å². The number of carbonyl (C=O) groups excluding carboxylic acids is 1. The van der Waals surface area contributed by atoms with Crippen LogP contribution in [0.1, 0.15) is 18.4 Å². The lowest BCUT2D eigenvalue weighted by atomic mass is 10.2. The summed E-state index contributed by atoms with van der Waals surface area (Å²) in [6, 6.07) is 5.19. The minimum atomic E-state index is -3.73. The molecule has 4 N–H and O–H groups in total. The second-order valence-electron chi connectivity index (χ2n) is 4.56. The van der Waals surface area contributed by atoms with Gasteiger partial charge >= 0.3 is 0 Å². The molecule has 1 amide bonds. The fourth-order valence-electron chi connectivity index (χ4n) is 2.24. The first kappa shape index (κ1) is 14.9. The maximum Gasteiger partial charge on any atom is 0.243 e. The van der Waals surface area contributed by atoms with E-state index in [2.05, 4.69) is 0 Å². The highest BCUT2D eigenvalue weighted by Gasteiger charge is 2.38. The Morgan fingerprint density at radius 3 is 2.35 bits per heavy atom. The van der Waals surface area contributed by atoms with E-state index in [4.69, 9.17) is 23.7 Å². The summed E-state index contributed by atoms with van der Waals surface area (Å²) < 4.78 is 26.1. The summed E-state index contributed by atoms with van der Waals surface area (Å²) in [6.07, 6.45) is 1.08. The molecule has 1 unspecified atom stereocenters. The average Bonchev–Trinajstić information content (AvgIpc) is 2.89. The number of rotatable bonds is 4. The molecule has 0 bridgehead atoms. The number of carbonyl (C=O) groups is 1. The molecule has 1 aromatic rings. The van der Waals surface area contributed by atoms with Gasteiger partial charge in [0.15, 0.2) is 0 Å². The fraction of sp³-hybridized carbons (Fsp3) is 0.333. The lowest BCUT2D eigenvalue weighted by molar-refractivity contribution is -0.121. The van der Waals surface area contributed by atoms with Gasteiger partial charge in [0.1, 0.15) is 11.0 Å². The summed E-state index contributed by atoms with van der Waals surface area (Å²) in [5, 5.41) is 0. The van der Waals surface area contributed by atoms with Crippen LogP contribution in [0.25, 0.3) is 0 Å². The molecule has 108 valence electrons. The second-order valence-corrected chi connectivity index (χ2v) is 6.90. The van der Waals surface area contributed by atoms with Crippen molar-refractivity contribution in [3.8, 4) is 0 Å². The van der Waals surface area contributed by atoms with Crippen molar-refractivity contribution in [1.29, 1.82) is 0 Å². The Labute approximate surface area is 122 Å². The van der Waals surface area contributed by atoms with Gasteiger partial charge in [-0.1, -0.05) is 24.4 Å². The molecule has 20 heavy (non-hydrogen) atoms. The second kappa shape index (κ2) is 5.47. The van der Waals surface area contributed by atoms with E-state index in [0.29, 0.717) is 24.9 Å². The number of nitrogens with zero attached hydrogens (tertiary/aromatic N) is 1. The number of nitrogens with two attached hydrogens (primary N) is 2. The minimum Gasteiger partial charge on any atom is -0.389 e. The third-order valence-electron chi connectivity index (χ3n) is 3.28. The number of sulfonamides is 1. The first-order chi connectivity index (χ1) is 9.34. The zero-order valence-corrected chi connectivity index (χ0v) is 12.3. The number of hydrogen-bond donors (Lipinski definition) is 2. The zero-order valence-electron chi connectivity index (χ0n) is 10.7. The topological polar surface area (TPSA) is 106 Å². The quantitative estimate of drug-likeness (QED) is 0.759. The molecular formula is C12H15N3O3S2. The molecular weight excluding hydrogens is 298 g/mol. The van der Waals surface area contributed by atoms with E-state index >= 15 is 0 Å². The Bertz CT molecular complexity index is 640. The molecule has 1 aromatic carbocycles. The van der Waals surface area contributed by atoms with Crippen LogP contribution < -0.4 is 11.5 Å². The maximum absolute atomic E-state index is 12.5. The van der Waals surface area contributed by atoms with Gasteiger partial charge in [-0.15, -0.1) is 0 Å². The first-order valence-corrected chi connectivity index (χ1v) is 7.90. The monoisotopic (exact) mass is 313 g/mol. The van der Waals surface area contributed by atoms with Crippen molar-refractivity contribution in [2.75, 3.05) is 6.54 Å². The number of hydrogen-bond acceptors (Lipinski definition) is 4. The molecule has 0 aliphatic carbocycles. The third-order valence-corrected chi connectivity index (χ3v) is 5.44. The van der Waals surface area contributed by atoms with Crippen molar-refractivity contribution in [3.63, 3.8) is 0 Å². The van der Waals surface area contributed by atoms with Crippen LogP contribution >= 0.6 is 12.2 Å². The van der Waals surface area contributed by atoms with E-state index in [1.165, 1.54) is 12.1 Å². The Morgan fingerprint density at radius 2 is 1.85 bits per heavy atom. The van der Waals surface area contributed by atoms with Crippen LogP contribution in [-0.2, 0) is 14.8 Å². The van der Waals surface area contributed by atoms with Gasteiger partial charge in [-0.25, -0.2) is 8.42 Å². The van der Waals surface area contributed by atoms with Gasteiger partial charge in [0.05, 0.1) is 4.90 Å². The third kappa shape index (κ3) is 2.67. The van der Waals surface area contributed by atoms with Crippen molar-refractivity contribution in [2.45, 2.75) is 23.8 Å². The summed E-state index contributed by atoms with van der Waals surface area (Å²) in [6.45, 7) is 0.299. The fourth-order valence-corrected chi connectivity index (χ4v) is 4.04. The average molecular weight is 313 g/mol. The van der Waals surface area contributed by atoms with Crippen molar-refractivity contribution >= 4 is 33.1 Å². The van der Waals surface area contributed by atoms with Crippen molar-refractivity contribution in [1.82, 2.24) is 4.31 Å². The SMILES string of the molecule is NC(=O)C1CCCN1S(=O)(=O)c1ccc(C(N)=S)cc1. The molecule has 0 spiro atoms. The number of benzene rings is 1. The Kier molecular flexibility index (Phi) is 4.07. The molecule has 1 heterocycles. The van der Waals surface area contributed by atoms with Crippen molar-refractivity contribution in [2.24, 2.45) is 11.5 Å². The smallest absolute Gasteiger partial charge is 0.243 e. The van der Waals surface area contributed by atoms with Crippen LogP contribution in [0.3, 0.4) is 0 Å². The predicted molar refractivity (Wildman–Crippen MR) is 78.4 cm³/mol. The normalized spacial score (nSPS) is 19.9. The summed E-state index contributed by atoms with van der Waals surface area (Å²) in [5.41, 5.74) is 11.3. The van der Waals surface area contributed by atoms with Gasteiger partial charge in [-0.3, -0.25) is 4.79 Å². The Balaban J connectivity index is 2.35. The largest absolute Gasteiger partial charge is 0.389 e. The first-order valence-electron chi connectivity index (χ1n) is 6.05. The maximum atomic E-state index is 12.5. The highest BCUT2D eigenvalue weighted by molar-refractivity contribution is 7.89. The van der Waals surface area contributed by atoms with Gasteiger partial charge in [-0.05, 0) is 25.0 Å². The van der Waals surface area contributed by atoms with Crippen LogP contribution in [0.2, 0.25) is 0 Å². The molecule has 0 saturated carbocycles. The molecule has 0 aromatic heterocycles. The van der Waals surface area contributed by atoms with Crippen LogP contribution in [0.15, 0.2) is 29.2 Å². The molecule has 1 atom stereocenters. The lowest BCUT2D eigenvalue weighted by Crippen LogP contribution is -2.43. The van der Waals surface area contributed by atoms with E-state index < -0.39 is 22.0 Å². The molecule has 0 radical (unpaired) electrons. The molecule has 1 fully saturated rings. The van der Waals surface area contributed by atoms with E-state index in [1.807, 2.05) is 0 Å². The lowest BCUT2D eigenvalue weighted by Gasteiger charge is -2.21. The summed E-state index contributed by atoms with van der Waals surface area (Å²) in [7, 11) is -3.73. The Hall–Kier alpha value is -1.51. The standard InChI is InChI=1S/C12H15N3O3S2/c13-11(16)10-2-1-7-15(10)20(17,18)9-5-3-8(4-6-9)12(14)19/h3-6,10H,1-2,7H2,(H2,13,16)(H2,14,19). The molecule has 6 nitrogen and oxygen atoms in total. The van der Waals surface area contributed by atoms with E-state index in [9.17, 15) is 13.2 Å². The van der Waals surface area contributed by atoms with Crippen molar-refractivity contribution in [3.05, 3.63) is 29.8 Å².